The molecule has 0 unspecified atom stereocenters. The van der Waals surface area contributed by atoms with Crippen LogP contribution in [0.3, 0.4) is 0 Å². The highest BCUT2D eigenvalue weighted by molar-refractivity contribution is 5.18. The average molecular weight is 240 g/mol. The number of nitrogens with zero attached hydrogens (tertiary/aromatic N) is 1. The van der Waals surface area contributed by atoms with Gasteiger partial charge in [-0.2, -0.15) is 0 Å². The molecular formula is C13H18F2N2. The van der Waals surface area contributed by atoms with Crippen molar-refractivity contribution in [1.82, 2.24) is 10.2 Å². The molecule has 4 heteroatoms. The lowest BCUT2D eigenvalue weighted by molar-refractivity contribution is 0.316. The minimum absolute atomic E-state index is 0.416. The van der Waals surface area contributed by atoms with Crippen molar-refractivity contribution in [3.63, 3.8) is 0 Å². The predicted molar refractivity (Wildman–Crippen MR) is 63.7 cm³/mol. The molecule has 2 rings (SSSR count). The maximum atomic E-state index is 13.4. The topological polar surface area (TPSA) is 15.3 Å². The summed E-state index contributed by atoms with van der Waals surface area (Å²) in [6.07, 6.45) is 2.53. The number of halogens is 2. The third-order valence-electron chi connectivity index (χ3n) is 2.98. The molecule has 1 aliphatic carbocycles. The van der Waals surface area contributed by atoms with E-state index in [-0.39, 0.29) is 0 Å². The van der Waals surface area contributed by atoms with Crippen LogP contribution in [-0.2, 0) is 6.54 Å². The fourth-order valence-electron chi connectivity index (χ4n) is 1.79. The summed E-state index contributed by atoms with van der Waals surface area (Å²) >= 11 is 0. The Balaban J connectivity index is 1.79. The lowest BCUT2D eigenvalue weighted by atomic mass is 10.2. The predicted octanol–water partition coefficient (Wildman–Crippen LogP) is 2.15. The van der Waals surface area contributed by atoms with E-state index in [1.165, 1.54) is 12.8 Å². The van der Waals surface area contributed by atoms with E-state index in [0.717, 1.165) is 19.2 Å². The van der Waals surface area contributed by atoms with Gasteiger partial charge in [0.2, 0.25) is 0 Å². The van der Waals surface area contributed by atoms with Gasteiger partial charge in [0.15, 0.2) is 11.6 Å². The van der Waals surface area contributed by atoms with E-state index < -0.39 is 11.6 Å². The summed E-state index contributed by atoms with van der Waals surface area (Å²) in [4.78, 5) is 1.99. The van der Waals surface area contributed by atoms with Gasteiger partial charge in [-0.25, -0.2) is 8.78 Å². The highest BCUT2D eigenvalue weighted by Gasteiger charge is 2.19. The quantitative estimate of drug-likeness (QED) is 0.819. The third-order valence-corrected chi connectivity index (χ3v) is 2.98. The van der Waals surface area contributed by atoms with Crippen molar-refractivity contribution in [2.75, 3.05) is 20.1 Å². The van der Waals surface area contributed by atoms with Gasteiger partial charge in [-0.15, -0.1) is 0 Å². The molecule has 0 spiro atoms. The second-order valence-corrected chi connectivity index (χ2v) is 4.68. The number of benzene rings is 1. The number of likely N-dealkylation sites (N-methyl/N-ethyl adjacent to an activating group) is 1. The lowest BCUT2D eigenvalue weighted by Gasteiger charge is -2.17. The van der Waals surface area contributed by atoms with Gasteiger partial charge < -0.3 is 10.2 Å². The molecule has 2 nitrogen and oxygen atoms in total. The highest BCUT2D eigenvalue weighted by atomic mass is 19.2. The van der Waals surface area contributed by atoms with Crippen molar-refractivity contribution in [1.29, 1.82) is 0 Å². The molecule has 0 atom stereocenters. The van der Waals surface area contributed by atoms with Crippen molar-refractivity contribution >= 4 is 0 Å². The maximum absolute atomic E-state index is 13.4. The first-order chi connectivity index (χ1) is 8.16. The SMILES string of the molecule is CN(CCNC1CC1)Cc1cccc(F)c1F. The zero-order valence-corrected chi connectivity index (χ0v) is 10.0. The van der Waals surface area contributed by atoms with Crippen LogP contribution in [0, 0.1) is 11.6 Å². The molecule has 0 heterocycles. The van der Waals surface area contributed by atoms with Gasteiger partial charge in [0, 0.05) is 31.2 Å². The third kappa shape index (κ3) is 3.75. The van der Waals surface area contributed by atoms with Crippen LogP contribution in [0.25, 0.3) is 0 Å². The number of hydrogen-bond acceptors (Lipinski definition) is 2. The molecule has 1 saturated carbocycles. The minimum atomic E-state index is -0.771. The van der Waals surface area contributed by atoms with Gasteiger partial charge >= 0.3 is 0 Å². The molecule has 1 aliphatic rings. The van der Waals surface area contributed by atoms with Crippen LogP contribution in [-0.4, -0.2) is 31.1 Å². The first-order valence-electron chi connectivity index (χ1n) is 6.01. The van der Waals surface area contributed by atoms with Crippen molar-refractivity contribution in [2.45, 2.75) is 25.4 Å². The van der Waals surface area contributed by atoms with E-state index in [9.17, 15) is 8.78 Å². The monoisotopic (exact) mass is 240 g/mol. The van der Waals surface area contributed by atoms with E-state index in [2.05, 4.69) is 5.32 Å². The van der Waals surface area contributed by atoms with Crippen LogP contribution in [0.2, 0.25) is 0 Å². The molecular weight excluding hydrogens is 222 g/mol. The maximum Gasteiger partial charge on any atom is 0.163 e. The molecule has 1 aromatic rings. The van der Waals surface area contributed by atoms with Crippen LogP contribution >= 0.6 is 0 Å². The summed E-state index contributed by atoms with van der Waals surface area (Å²) in [7, 11) is 1.92. The minimum Gasteiger partial charge on any atom is -0.313 e. The van der Waals surface area contributed by atoms with Crippen LogP contribution in [0.5, 0.6) is 0 Å². The zero-order chi connectivity index (χ0) is 12.3. The first kappa shape index (κ1) is 12.5. The molecule has 1 fully saturated rings. The molecule has 94 valence electrons. The van der Waals surface area contributed by atoms with Gasteiger partial charge in [-0.3, -0.25) is 0 Å². The summed E-state index contributed by atoms with van der Waals surface area (Å²) in [5, 5.41) is 3.39. The Morgan fingerprint density at radius 1 is 1.35 bits per heavy atom. The van der Waals surface area contributed by atoms with Gasteiger partial charge in [0.05, 0.1) is 0 Å². The number of hydrogen-bond donors (Lipinski definition) is 1. The number of nitrogens with one attached hydrogen (secondary N) is 1. The van der Waals surface area contributed by atoms with E-state index in [0.29, 0.717) is 18.2 Å². The fraction of sp³-hybridized carbons (Fsp3) is 0.538. The van der Waals surface area contributed by atoms with E-state index in [1.807, 2.05) is 11.9 Å². The van der Waals surface area contributed by atoms with E-state index >= 15 is 0 Å². The molecule has 0 amide bonds. The average Bonchev–Trinajstić information content (AvgIpc) is 3.09. The summed E-state index contributed by atoms with van der Waals surface area (Å²) in [5.41, 5.74) is 0.416. The summed E-state index contributed by atoms with van der Waals surface area (Å²) in [6, 6.07) is 5.01. The van der Waals surface area contributed by atoms with Gasteiger partial charge in [-0.05, 0) is 26.0 Å². The zero-order valence-electron chi connectivity index (χ0n) is 10.0. The second kappa shape index (κ2) is 5.56. The van der Waals surface area contributed by atoms with Gasteiger partial charge in [0.1, 0.15) is 0 Å². The van der Waals surface area contributed by atoms with Gasteiger partial charge in [-0.1, -0.05) is 12.1 Å². The lowest BCUT2D eigenvalue weighted by Crippen LogP contribution is -2.30. The summed E-state index contributed by atoms with van der Waals surface area (Å²) in [6.45, 7) is 2.18. The standard InChI is InChI=1S/C13H18F2N2/c1-17(8-7-16-11-5-6-11)9-10-3-2-4-12(14)13(10)15/h2-4,11,16H,5-9H2,1H3. The largest absolute Gasteiger partial charge is 0.313 e. The second-order valence-electron chi connectivity index (χ2n) is 4.68. The van der Waals surface area contributed by atoms with Crippen LogP contribution in [0.1, 0.15) is 18.4 Å². The van der Waals surface area contributed by atoms with Crippen molar-refractivity contribution < 1.29 is 8.78 Å². The molecule has 0 aromatic heterocycles. The van der Waals surface area contributed by atoms with Gasteiger partial charge in [0.25, 0.3) is 0 Å². The molecule has 17 heavy (non-hydrogen) atoms. The van der Waals surface area contributed by atoms with Crippen molar-refractivity contribution in [2.24, 2.45) is 0 Å². The molecule has 0 saturated heterocycles. The Hall–Kier alpha value is -1.00. The summed E-state index contributed by atoms with van der Waals surface area (Å²) in [5.74, 6) is -1.50. The van der Waals surface area contributed by atoms with Crippen LogP contribution in [0.15, 0.2) is 18.2 Å². The Morgan fingerprint density at radius 2 is 2.12 bits per heavy atom. The van der Waals surface area contributed by atoms with Crippen molar-refractivity contribution in [3.05, 3.63) is 35.4 Å². The Morgan fingerprint density at radius 3 is 2.82 bits per heavy atom. The highest BCUT2D eigenvalue weighted by Crippen LogP contribution is 2.18. The molecule has 1 N–H and O–H groups in total. The molecule has 0 radical (unpaired) electrons. The fourth-order valence-corrected chi connectivity index (χ4v) is 1.79. The van der Waals surface area contributed by atoms with Crippen LogP contribution < -0.4 is 5.32 Å². The normalized spacial score (nSPS) is 15.5. The van der Waals surface area contributed by atoms with E-state index in [1.54, 1.807) is 12.1 Å². The molecule has 0 bridgehead atoms. The number of rotatable bonds is 6. The van der Waals surface area contributed by atoms with E-state index in [4.69, 9.17) is 0 Å². The molecule has 1 aromatic carbocycles. The van der Waals surface area contributed by atoms with Crippen molar-refractivity contribution in [3.8, 4) is 0 Å². The Labute approximate surface area is 101 Å². The smallest absolute Gasteiger partial charge is 0.163 e. The Kier molecular flexibility index (Phi) is 4.07. The van der Waals surface area contributed by atoms with Crippen LogP contribution in [0.4, 0.5) is 8.78 Å². The Bertz CT molecular complexity index is 378. The molecule has 0 aliphatic heterocycles. The first-order valence-corrected chi connectivity index (χ1v) is 6.01. The summed E-state index contributed by atoms with van der Waals surface area (Å²) < 4.78 is 26.4.